The fraction of sp³-hybridized carbons (Fsp3) is 0.300. The highest BCUT2D eigenvalue weighted by Crippen LogP contribution is 2.23. The molecule has 1 aliphatic rings. The number of esters is 1. The van der Waals surface area contributed by atoms with Crippen molar-refractivity contribution in [2.45, 2.75) is 30.8 Å². The fourth-order valence-electron chi connectivity index (χ4n) is 3.18. The molecular formula is C20H20N2O6S. The van der Waals surface area contributed by atoms with Gasteiger partial charge in [0.25, 0.3) is 0 Å². The van der Waals surface area contributed by atoms with Crippen molar-refractivity contribution in [1.82, 2.24) is 9.46 Å². The first-order chi connectivity index (χ1) is 14.0. The smallest absolute Gasteiger partial charge is 0.338 e. The number of aromatic nitrogens is 1. The van der Waals surface area contributed by atoms with Crippen molar-refractivity contribution in [2.75, 3.05) is 13.1 Å². The SMILES string of the molecule is O=C(OCc1cc(-c2ccco2)on1)c1cccc(S(=O)(=O)N2CCCCC2)c1. The van der Waals surface area contributed by atoms with E-state index in [-0.39, 0.29) is 17.1 Å². The van der Waals surface area contributed by atoms with Crippen LogP contribution in [0.4, 0.5) is 0 Å². The minimum absolute atomic E-state index is 0.0930. The van der Waals surface area contributed by atoms with E-state index >= 15 is 0 Å². The van der Waals surface area contributed by atoms with Crippen LogP contribution >= 0.6 is 0 Å². The Bertz CT molecular complexity index is 1080. The molecule has 4 rings (SSSR count). The summed E-state index contributed by atoms with van der Waals surface area (Å²) in [6.07, 6.45) is 4.24. The standard InChI is InChI=1S/C20H20N2O6S/c23-20(27-14-16-13-19(28-21-16)18-8-5-11-26-18)15-6-4-7-17(12-15)29(24,25)22-9-2-1-3-10-22/h4-8,11-13H,1-3,9-10,14H2. The molecule has 1 fully saturated rings. The van der Waals surface area contributed by atoms with Crippen LogP contribution in [0.5, 0.6) is 0 Å². The van der Waals surface area contributed by atoms with Crippen molar-refractivity contribution in [3.63, 3.8) is 0 Å². The Kier molecular flexibility index (Phi) is 5.50. The molecule has 3 aromatic rings. The number of ether oxygens (including phenoxy) is 1. The largest absolute Gasteiger partial charge is 0.461 e. The highest BCUT2D eigenvalue weighted by Gasteiger charge is 2.26. The maximum atomic E-state index is 12.8. The molecule has 3 heterocycles. The number of rotatable bonds is 6. The molecule has 0 amide bonds. The summed E-state index contributed by atoms with van der Waals surface area (Å²) in [6, 6.07) is 11.0. The highest BCUT2D eigenvalue weighted by atomic mass is 32.2. The van der Waals surface area contributed by atoms with E-state index in [1.165, 1.54) is 28.8 Å². The van der Waals surface area contributed by atoms with Crippen LogP contribution in [0.2, 0.25) is 0 Å². The van der Waals surface area contributed by atoms with Crippen LogP contribution in [0.1, 0.15) is 35.3 Å². The van der Waals surface area contributed by atoms with Crippen molar-refractivity contribution in [1.29, 1.82) is 0 Å². The lowest BCUT2D eigenvalue weighted by Gasteiger charge is -2.25. The third kappa shape index (κ3) is 4.25. The van der Waals surface area contributed by atoms with E-state index in [2.05, 4.69) is 5.16 Å². The Hall–Kier alpha value is -2.91. The summed E-state index contributed by atoms with van der Waals surface area (Å²) in [5.41, 5.74) is 0.583. The molecule has 0 saturated carbocycles. The van der Waals surface area contributed by atoms with Gasteiger partial charge < -0.3 is 13.7 Å². The van der Waals surface area contributed by atoms with Gasteiger partial charge in [-0.15, -0.1) is 0 Å². The monoisotopic (exact) mass is 416 g/mol. The van der Waals surface area contributed by atoms with E-state index in [1.54, 1.807) is 24.3 Å². The van der Waals surface area contributed by atoms with Gasteiger partial charge in [0.1, 0.15) is 12.3 Å². The molecule has 0 unspecified atom stereocenters. The van der Waals surface area contributed by atoms with E-state index in [1.807, 2.05) is 0 Å². The first-order valence-corrected chi connectivity index (χ1v) is 10.7. The predicted molar refractivity (Wildman–Crippen MR) is 102 cm³/mol. The number of sulfonamides is 1. The quantitative estimate of drug-likeness (QED) is 0.567. The number of hydrogen-bond donors (Lipinski definition) is 0. The van der Waals surface area contributed by atoms with Crippen molar-refractivity contribution >= 4 is 16.0 Å². The van der Waals surface area contributed by atoms with Crippen LogP contribution in [0.25, 0.3) is 11.5 Å². The Morgan fingerprint density at radius 2 is 1.90 bits per heavy atom. The summed E-state index contributed by atoms with van der Waals surface area (Å²) < 4.78 is 42.7. The lowest BCUT2D eigenvalue weighted by atomic mass is 10.2. The second-order valence-electron chi connectivity index (χ2n) is 6.73. The van der Waals surface area contributed by atoms with Crippen LogP contribution in [0.15, 0.2) is 62.6 Å². The summed E-state index contributed by atoms with van der Waals surface area (Å²) in [4.78, 5) is 12.5. The molecule has 0 spiro atoms. The molecule has 2 aromatic heterocycles. The maximum Gasteiger partial charge on any atom is 0.338 e. The molecule has 0 aliphatic carbocycles. The van der Waals surface area contributed by atoms with Crippen LogP contribution < -0.4 is 0 Å². The lowest BCUT2D eigenvalue weighted by molar-refractivity contribution is 0.0464. The second kappa shape index (κ2) is 8.22. The minimum atomic E-state index is -3.62. The van der Waals surface area contributed by atoms with Gasteiger partial charge in [0.2, 0.25) is 15.8 Å². The summed E-state index contributed by atoms with van der Waals surface area (Å²) in [6.45, 7) is 0.897. The Labute approximate surface area is 168 Å². The van der Waals surface area contributed by atoms with E-state index in [0.29, 0.717) is 30.3 Å². The molecule has 0 radical (unpaired) electrons. The van der Waals surface area contributed by atoms with Gasteiger partial charge in [-0.1, -0.05) is 17.6 Å². The number of carbonyl (C=O) groups is 1. The molecular weight excluding hydrogens is 396 g/mol. The van der Waals surface area contributed by atoms with Crippen LogP contribution in [0, 0.1) is 0 Å². The molecule has 0 N–H and O–H groups in total. The molecule has 0 atom stereocenters. The van der Waals surface area contributed by atoms with E-state index in [0.717, 1.165) is 19.3 Å². The predicted octanol–water partition coefficient (Wildman–Crippen LogP) is 3.47. The van der Waals surface area contributed by atoms with Gasteiger partial charge in [-0.25, -0.2) is 13.2 Å². The summed E-state index contributed by atoms with van der Waals surface area (Å²) in [5, 5.41) is 3.84. The van der Waals surface area contributed by atoms with Crippen LogP contribution in [-0.4, -0.2) is 36.9 Å². The van der Waals surface area contributed by atoms with Gasteiger partial charge in [0.05, 0.1) is 16.7 Å². The second-order valence-corrected chi connectivity index (χ2v) is 8.67. The van der Waals surface area contributed by atoms with Gasteiger partial charge in [0.15, 0.2) is 5.76 Å². The molecule has 152 valence electrons. The highest BCUT2D eigenvalue weighted by molar-refractivity contribution is 7.89. The average Bonchev–Trinajstić information content (AvgIpc) is 3.44. The molecule has 0 bridgehead atoms. The number of benzene rings is 1. The maximum absolute atomic E-state index is 12.8. The Balaban J connectivity index is 1.43. The van der Waals surface area contributed by atoms with Gasteiger partial charge >= 0.3 is 5.97 Å². The molecule has 9 heteroatoms. The third-order valence-electron chi connectivity index (χ3n) is 4.70. The number of furan rings is 1. The van der Waals surface area contributed by atoms with E-state index < -0.39 is 16.0 Å². The van der Waals surface area contributed by atoms with Gasteiger partial charge in [0, 0.05) is 19.2 Å². The molecule has 1 saturated heterocycles. The van der Waals surface area contributed by atoms with E-state index in [9.17, 15) is 13.2 Å². The number of piperidine rings is 1. The zero-order valence-corrected chi connectivity index (χ0v) is 16.4. The van der Waals surface area contributed by atoms with Crippen molar-refractivity contribution in [3.8, 4) is 11.5 Å². The van der Waals surface area contributed by atoms with Crippen LogP contribution in [-0.2, 0) is 21.4 Å². The van der Waals surface area contributed by atoms with Gasteiger partial charge in [-0.05, 0) is 43.2 Å². The van der Waals surface area contributed by atoms with Crippen molar-refractivity contribution < 1.29 is 26.9 Å². The fourth-order valence-corrected chi connectivity index (χ4v) is 4.74. The van der Waals surface area contributed by atoms with Crippen molar-refractivity contribution in [2.24, 2.45) is 0 Å². The molecule has 1 aliphatic heterocycles. The first-order valence-electron chi connectivity index (χ1n) is 9.31. The van der Waals surface area contributed by atoms with E-state index in [4.69, 9.17) is 13.7 Å². The number of hydrogen-bond acceptors (Lipinski definition) is 7. The zero-order chi connectivity index (χ0) is 20.3. The van der Waals surface area contributed by atoms with Gasteiger partial charge in [-0.3, -0.25) is 0 Å². The summed E-state index contributed by atoms with van der Waals surface area (Å²) in [7, 11) is -3.62. The average molecular weight is 416 g/mol. The first kappa shape index (κ1) is 19.4. The Morgan fingerprint density at radius 3 is 2.66 bits per heavy atom. The third-order valence-corrected chi connectivity index (χ3v) is 6.59. The minimum Gasteiger partial charge on any atom is -0.461 e. The molecule has 1 aromatic carbocycles. The molecule has 29 heavy (non-hydrogen) atoms. The number of carbonyl (C=O) groups excluding carboxylic acids is 1. The van der Waals surface area contributed by atoms with Crippen molar-refractivity contribution in [3.05, 3.63) is 60.0 Å². The summed E-state index contributed by atoms with van der Waals surface area (Å²) >= 11 is 0. The Morgan fingerprint density at radius 1 is 1.07 bits per heavy atom. The van der Waals surface area contributed by atoms with Gasteiger partial charge in [-0.2, -0.15) is 4.31 Å². The summed E-state index contributed by atoms with van der Waals surface area (Å²) in [5.74, 6) is 0.310. The normalized spacial score (nSPS) is 15.3. The number of nitrogens with zero attached hydrogens (tertiary/aromatic N) is 2. The topological polar surface area (TPSA) is 103 Å². The molecule has 8 nitrogen and oxygen atoms in total. The lowest BCUT2D eigenvalue weighted by Crippen LogP contribution is -2.35. The van der Waals surface area contributed by atoms with Crippen LogP contribution in [0.3, 0.4) is 0 Å². The zero-order valence-electron chi connectivity index (χ0n) is 15.6.